The molecule has 1 fully saturated rings. The van der Waals surface area contributed by atoms with E-state index in [9.17, 15) is 24.8 Å². The summed E-state index contributed by atoms with van der Waals surface area (Å²) in [6.07, 6.45) is 1.72. The Balaban J connectivity index is 2.40. The minimum absolute atomic E-state index is 0.180. The van der Waals surface area contributed by atoms with Crippen LogP contribution >= 0.6 is 11.6 Å². The number of hydrogen-bond acceptors (Lipinski definition) is 4. The number of likely N-dealkylation sites (tertiary alicyclic amines) is 1. The van der Waals surface area contributed by atoms with Gasteiger partial charge in [0, 0.05) is 17.6 Å². The number of benzene rings is 1. The molecule has 0 spiro atoms. The van der Waals surface area contributed by atoms with E-state index in [1.54, 1.807) is 0 Å². The first-order valence-corrected chi connectivity index (χ1v) is 6.77. The third-order valence-electron chi connectivity index (χ3n) is 3.43. The van der Waals surface area contributed by atoms with Gasteiger partial charge in [0.25, 0.3) is 11.6 Å². The molecule has 1 unspecified atom stereocenters. The van der Waals surface area contributed by atoms with Crippen molar-refractivity contribution in [3.8, 4) is 0 Å². The van der Waals surface area contributed by atoms with Crippen LogP contribution in [0.1, 0.15) is 29.6 Å². The lowest BCUT2D eigenvalue weighted by Gasteiger charge is -2.32. The minimum Gasteiger partial charge on any atom is -0.480 e. The van der Waals surface area contributed by atoms with E-state index in [-0.39, 0.29) is 22.8 Å². The molecule has 21 heavy (non-hydrogen) atoms. The summed E-state index contributed by atoms with van der Waals surface area (Å²) in [5.74, 6) is -1.77. The van der Waals surface area contributed by atoms with Crippen LogP contribution in [0.3, 0.4) is 0 Å². The van der Waals surface area contributed by atoms with E-state index in [0.717, 1.165) is 6.07 Å². The average molecular weight is 313 g/mol. The number of nitro benzene ring substituents is 1. The first-order valence-electron chi connectivity index (χ1n) is 6.39. The number of halogens is 1. The van der Waals surface area contributed by atoms with E-state index in [1.165, 1.54) is 17.0 Å². The molecular formula is C13H13ClN2O5. The SMILES string of the molecule is O=C(O)C1CCCCN1C(=O)c1cc(Cl)ccc1[N+](=O)[O-]. The molecule has 0 bridgehead atoms. The Morgan fingerprint density at radius 1 is 1.38 bits per heavy atom. The standard InChI is InChI=1S/C13H13ClN2O5/c14-8-4-5-10(16(20)21)9(7-8)12(17)15-6-2-1-3-11(15)13(18)19/h4-5,7,11H,1-3,6H2,(H,18,19). The van der Waals surface area contributed by atoms with Crippen molar-refractivity contribution in [1.29, 1.82) is 0 Å². The number of carboxylic acid groups (broad SMARTS) is 1. The molecule has 8 heteroatoms. The van der Waals surface area contributed by atoms with Crippen molar-refractivity contribution in [3.63, 3.8) is 0 Å². The molecule has 0 aliphatic carbocycles. The molecule has 1 aromatic rings. The van der Waals surface area contributed by atoms with Crippen molar-refractivity contribution in [2.75, 3.05) is 6.54 Å². The molecule has 1 N–H and O–H groups in total. The predicted molar refractivity (Wildman–Crippen MR) is 74.4 cm³/mol. The lowest BCUT2D eigenvalue weighted by molar-refractivity contribution is -0.385. The molecule has 1 heterocycles. The third-order valence-corrected chi connectivity index (χ3v) is 3.67. The maximum Gasteiger partial charge on any atom is 0.326 e. The molecular weight excluding hydrogens is 300 g/mol. The average Bonchev–Trinajstić information content (AvgIpc) is 2.46. The number of piperidine rings is 1. The van der Waals surface area contributed by atoms with Gasteiger partial charge in [0.15, 0.2) is 0 Å². The van der Waals surface area contributed by atoms with Gasteiger partial charge >= 0.3 is 5.97 Å². The number of hydrogen-bond donors (Lipinski definition) is 1. The lowest BCUT2D eigenvalue weighted by Crippen LogP contribution is -2.48. The summed E-state index contributed by atoms with van der Waals surface area (Å²) < 4.78 is 0. The van der Waals surface area contributed by atoms with E-state index < -0.39 is 22.8 Å². The Labute approximate surface area is 125 Å². The largest absolute Gasteiger partial charge is 0.480 e. The van der Waals surface area contributed by atoms with Gasteiger partial charge in [-0.15, -0.1) is 0 Å². The fourth-order valence-electron chi connectivity index (χ4n) is 2.42. The van der Waals surface area contributed by atoms with Crippen molar-refractivity contribution in [3.05, 3.63) is 38.9 Å². The molecule has 112 valence electrons. The predicted octanol–water partition coefficient (Wildman–Crippen LogP) is 2.33. The van der Waals surface area contributed by atoms with Gasteiger partial charge in [-0.1, -0.05) is 11.6 Å². The highest BCUT2D eigenvalue weighted by Crippen LogP contribution is 2.27. The molecule has 0 aromatic heterocycles. The highest BCUT2D eigenvalue weighted by Gasteiger charge is 2.35. The first kappa shape index (κ1) is 15.2. The van der Waals surface area contributed by atoms with Crippen LogP contribution in [0.25, 0.3) is 0 Å². The number of nitrogens with zero attached hydrogens (tertiary/aromatic N) is 2. The Morgan fingerprint density at radius 2 is 2.10 bits per heavy atom. The van der Waals surface area contributed by atoms with Crippen LogP contribution in [-0.2, 0) is 4.79 Å². The van der Waals surface area contributed by atoms with Gasteiger partial charge in [-0.2, -0.15) is 0 Å². The van der Waals surface area contributed by atoms with E-state index in [2.05, 4.69) is 0 Å². The monoisotopic (exact) mass is 312 g/mol. The summed E-state index contributed by atoms with van der Waals surface area (Å²) in [6, 6.07) is 2.72. The van der Waals surface area contributed by atoms with Crippen LogP contribution < -0.4 is 0 Å². The topological polar surface area (TPSA) is 101 Å². The van der Waals surface area contributed by atoms with Crippen molar-refractivity contribution in [2.24, 2.45) is 0 Å². The number of carboxylic acids is 1. The lowest BCUT2D eigenvalue weighted by atomic mass is 10.0. The maximum atomic E-state index is 12.5. The summed E-state index contributed by atoms with van der Waals surface area (Å²) in [4.78, 5) is 35.2. The Kier molecular flexibility index (Phi) is 4.42. The van der Waals surface area contributed by atoms with Crippen LogP contribution in [0, 0.1) is 10.1 Å². The fraction of sp³-hybridized carbons (Fsp3) is 0.385. The number of carbonyl (C=O) groups excluding carboxylic acids is 1. The van der Waals surface area contributed by atoms with Crippen LogP contribution in [0.4, 0.5) is 5.69 Å². The highest BCUT2D eigenvalue weighted by atomic mass is 35.5. The van der Waals surface area contributed by atoms with Crippen molar-refractivity contribution in [2.45, 2.75) is 25.3 Å². The number of rotatable bonds is 3. The van der Waals surface area contributed by atoms with E-state index >= 15 is 0 Å². The molecule has 2 rings (SSSR count). The Bertz CT molecular complexity index is 604. The molecule has 1 aliphatic heterocycles. The number of aliphatic carboxylic acids is 1. The minimum atomic E-state index is -1.10. The van der Waals surface area contributed by atoms with Gasteiger partial charge in [0.1, 0.15) is 11.6 Å². The molecule has 1 aliphatic rings. The molecule has 1 aromatic carbocycles. The summed E-state index contributed by atoms with van der Waals surface area (Å²) in [5.41, 5.74) is -0.556. The molecule has 0 saturated carbocycles. The summed E-state index contributed by atoms with van der Waals surface area (Å²) in [6.45, 7) is 0.263. The van der Waals surface area contributed by atoms with Gasteiger partial charge in [0.05, 0.1) is 4.92 Å². The molecule has 1 atom stereocenters. The van der Waals surface area contributed by atoms with Crippen LogP contribution in [-0.4, -0.2) is 39.4 Å². The first-order chi connectivity index (χ1) is 9.91. The number of carbonyl (C=O) groups is 2. The summed E-state index contributed by atoms with van der Waals surface area (Å²) in [7, 11) is 0. The number of amides is 1. The second-order valence-electron chi connectivity index (χ2n) is 4.77. The van der Waals surface area contributed by atoms with Crippen LogP contribution in [0.5, 0.6) is 0 Å². The molecule has 1 amide bonds. The van der Waals surface area contributed by atoms with Gasteiger partial charge < -0.3 is 10.0 Å². The Morgan fingerprint density at radius 3 is 2.71 bits per heavy atom. The highest BCUT2D eigenvalue weighted by molar-refractivity contribution is 6.31. The zero-order valence-electron chi connectivity index (χ0n) is 11.0. The molecule has 7 nitrogen and oxygen atoms in total. The number of nitro groups is 1. The second-order valence-corrected chi connectivity index (χ2v) is 5.20. The summed E-state index contributed by atoms with van der Waals surface area (Å²) in [5, 5.41) is 20.4. The maximum absolute atomic E-state index is 12.5. The van der Waals surface area contributed by atoms with E-state index in [0.29, 0.717) is 19.3 Å². The zero-order chi connectivity index (χ0) is 15.6. The second kappa shape index (κ2) is 6.09. The summed E-state index contributed by atoms with van der Waals surface area (Å²) >= 11 is 5.79. The van der Waals surface area contributed by atoms with Crippen LogP contribution in [0.15, 0.2) is 18.2 Å². The zero-order valence-corrected chi connectivity index (χ0v) is 11.7. The molecule has 1 saturated heterocycles. The van der Waals surface area contributed by atoms with Gasteiger partial charge in [-0.3, -0.25) is 14.9 Å². The van der Waals surface area contributed by atoms with Gasteiger partial charge in [-0.05, 0) is 31.4 Å². The fourth-order valence-corrected chi connectivity index (χ4v) is 2.60. The van der Waals surface area contributed by atoms with Gasteiger partial charge in [0.2, 0.25) is 0 Å². The van der Waals surface area contributed by atoms with Crippen LogP contribution in [0.2, 0.25) is 5.02 Å². The van der Waals surface area contributed by atoms with Crippen molar-refractivity contribution < 1.29 is 19.6 Å². The van der Waals surface area contributed by atoms with Crippen molar-refractivity contribution in [1.82, 2.24) is 4.90 Å². The van der Waals surface area contributed by atoms with E-state index in [4.69, 9.17) is 11.6 Å². The third kappa shape index (κ3) is 3.13. The smallest absolute Gasteiger partial charge is 0.326 e. The van der Waals surface area contributed by atoms with E-state index in [1.807, 2.05) is 0 Å². The Hall–Kier alpha value is -2.15. The van der Waals surface area contributed by atoms with Gasteiger partial charge in [-0.25, -0.2) is 4.79 Å². The molecule has 0 radical (unpaired) electrons. The quantitative estimate of drug-likeness (QED) is 0.682. The van der Waals surface area contributed by atoms with Crippen molar-refractivity contribution >= 4 is 29.2 Å². The normalized spacial score (nSPS) is 18.3.